The lowest BCUT2D eigenvalue weighted by molar-refractivity contribution is -0.127. The van der Waals surface area contributed by atoms with Crippen LogP contribution in [0.1, 0.15) is 12.5 Å². The van der Waals surface area contributed by atoms with Crippen molar-refractivity contribution in [3.8, 4) is 5.75 Å². The lowest BCUT2D eigenvalue weighted by Gasteiger charge is -2.36. The molecule has 1 aliphatic rings. The topological polar surface area (TPSA) is 44.8 Å². The lowest BCUT2D eigenvalue weighted by Crippen LogP contribution is -2.49. The van der Waals surface area contributed by atoms with E-state index in [9.17, 15) is 4.79 Å². The average molecular weight is 402 g/mol. The third-order valence-corrected chi connectivity index (χ3v) is 5.27. The smallest absolute Gasteiger partial charge is 0.260 e. The van der Waals surface area contributed by atoms with Crippen molar-refractivity contribution in [3.05, 3.63) is 59.1 Å². The molecule has 0 aliphatic carbocycles. The minimum absolute atomic E-state index is 0.0997. The van der Waals surface area contributed by atoms with Gasteiger partial charge in [-0.2, -0.15) is 0 Å². The van der Waals surface area contributed by atoms with Crippen LogP contribution in [-0.4, -0.2) is 56.2 Å². The first-order valence-electron chi connectivity index (χ1n) is 9.76. The van der Waals surface area contributed by atoms with Gasteiger partial charge in [-0.25, -0.2) is 0 Å². The SMILES string of the molecule is Cc1cc(Cl)ccc1OC(C)C(=O)NCCN1CCN(c2ccccc2)CC1. The van der Waals surface area contributed by atoms with Gasteiger partial charge in [-0.05, 0) is 49.7 Å². The molecule has 1 fully saturated rings. The van der Waals surface area contributed by atoms with Crippen molar-refractivity contribution >= 4 is 23.2 Å². The molecule has 0 radical (unpaired) electrons. The molecule has 5 nitrogen and oxygen atoms in total. The van der Waals surface area contributed by atoms with E-state index in [0.717, 1.165) is 38.3 Å². The number of ether oxygens (including phenoxy) is 1. The van der Waals surface area contributed by atoms with E-state index in [4.69, 9.17) is 16.3 Å². The van der Waals surface area contributed by atoms with Gasteiger partial charge in [0.25, 0.3) is 5.91 Å². The Balaban J connectivity index is 1.37. The van der Waals surface area contributed by atoms with Crippen LogP contribution in [0.2, 0.25) is 5.02 Å². The third-order valence-electron chi connectivity index (χ3n) is 5.03. The molecule has 1 unspecified atom stereocenters. The summed E-state index contributed by atoms with van der Waals surface area (Å²) in [5, 5.41) is 3.64. The van der Waals surface area contributed by atoms with Crippen LogP contribution in [0.25, 0.3) is 0 Å². The van der Waals surface area contributed by atoms with Gasteiger partial charge >= 0.3 is 0 Å². The summed E-state index contributed by atoms with van der Waals surface area (Å²) in [6, 6.07) is 15.9. The van der Waals surface area contributed by atoms with Crippen LogP contribution >= 0.6 is 11.6 Å². The molecule has 1 atom stereocenters. The number of para-hydroxylation sites is 1. The first-order chi connectivity index (χ1) is 13.5. The molecule has 28 heavy (non-hydrogen) atoms. The zero-order valence-electron chi connectivity index (χ0n) is 16.5. The summed E-state index contributed by atoms with van der Waals surface area (Å²) in [7, 11) is 0. The molecular weight excluding hydrogens is 374 g/mol. The number of amides is 1. The number of piperazine rings is 1. The van der Waals surface area contributed by atoms with E-state index in [0.29, 0.717) is 17.3 Å². The minimum Gasteiger partial charge on any atom is -0.481 e. The first-order valence-corrected chi connectivity index (χ1v) is 10.1. The second kappa shape index (κ2) is 9.80. The Bertz CT molecular complexity index is 777. The molecule has 3 rings (SSSR count). The molecule has 0 bridgehead atoms. The van der Waals surface area contributed by atoms with Gasteiger partial charge in [-0.3, -0.25) is 9.69 Å². The standard InChI is InChI=1S/C22H28ClN3O2/c1-17-16-19(23)8-9-21(17)28-18(2)22(27)24-10-11-25-12-14-26(15-13-25)20-6-4-3-5-7-20/h3-9,16,18H,10-15H2,1-2H3,(H,24,27). The Morgan fingerprint density at radius 1 is 1.14 bits per heavy atom. The Hall–Kier alpha value is -2.24. The molecular formula is C22H28ClN3O2. The van der Waals surface area contributed by atoms with Crippen molar-refractivity contribution in [2.45, 2.75) is 20.0 Å². The fourth-order valence-corrected chi connectivity index (χ4v) is 3.57. The van der Waals surface area contributed by atoms with Crippen LogP contribution in [0.3, 0.4) is 0 Å². The molecule has 0 saturated carbocycles. The number of nitrogens with one attached hydrogen (secondary N) is 1. The van der Waals surface area contributed by atoms with Gasteiger partial charge in [-0.1, -0.05) is 29.8 Å². The van der Waals surface area contributed by atoms with Gasteiger partial charge in [0.15, 0.2) is 6.10 Å². The predicted molar refractivity (Wildman–Crippen MR) is 114 cm³/mol. The van der Waals surface area contributed by atoms with E-state index in [2.05, 4.69) is 39.4 Å². The number of hydrogen-bond acceptors (Lipinski definition) is 4. The van der Waals surface area contributed by atoms with Crippen LogP contribution in [0.4, 0.5) is 5.69 Å². The number of anilines is 1. The molecule has 150 valence electrons. The number of benzene rings is 2. The Labute approximate surface area is 172 Å². The van der Waals surface area contributed by atoms with Crippen molar-refractivity contribution in [1.82, 2.24) is 10.2 Å². The van der Waals surface area contributed by atoms with Crippen LogP contribution < -0.4 is 15.0 Å². The largest absolute Gasteiger partial charge is 0.481 e. The van der Waals surface area contributed by atoms with Crippen LogP contribution in [0, 0.1) is 6.92 Å². The number of halogens is 1. The Kier molecular flexibility index (Phi) is 7.18. The second-order valence-electron chi connectivity index (χ2n) is 7.13. The van der Waals surface area contributed by atoms with Gasteiger partial charge in [0.2, 0.25) is 0 Å². The Morgan fingerprint density at radius 2 is 1.86 bits per heavy atom. The monoisotopic (exact) mass is 401 g/mol. The van der Waals surface area contributed by atoms with Crippen molar-refractivity contribution in [2.24, 2.45) is 0 Å². The zero-order valence-corrected chi connectivity index (χ0v) is 17.3. The Morgan fingerprint density at radius 3 is 2.54 bits per heavy atom. The highest BCUT2D eigenvalue weighted by Crippen LogP contribution is 2.22. The molecule has 0 aromatic heterocycles. The molecule has 2 aromatic rings. The quantitative estimate of drug-likeness (QED) is 0.772. The molecule has 0 spiro atoms. The molecule has 6 heteroatoms. The van der Waals surface area contributed by atoms with E-state index in [1.165, 1.54) is 5.69 Å². The number of aryl methyl sites for hydroxylation is 1. The molecule has 1 N–H and O–H groups in total. The van der Waals surface area contributed by atoms with E-state index < -0.39 is 6.10 Å². The molecule has 1 amide bonds. The maximum atomic E-state index is 12.3. The van der Waals surface area contributed by atoms with E-state index >= 15 is 0 Å². The van der Waals surface area contributed by atoms with Crippen molar-refractivity contribution in [3.63, 3.8) is 0 Å². The predicted octanol–water partition coefficient (Wildman–Crippen LogP) is 3.35. The average Bonchev–Trinajstić information content (AvgIpc) is 2.71. The summed E-state index contributed by atoms with van der Waals surface area (Å²) in [4.78, 5) is 17.1. The summed E-state index contributed by atoms with van der Waals surface area (Å²) in [5.41, 5.74) is 2.20. The number of hydrogen-bond donors (Lipinski definition) is 1. The van der Waals surface area contributed by atoms with Gasteiger partial charge in [0.1, 0.15) is 5.75 Å². The lowest BCUT2D eigenvalue weighted by atomic mass is 10.2. The summed E-state index contributed by atoms with van der Waals surface area (Å²) in [5.74, 6) is 0.585. The van der Waals surface area contributed by atoms with Crippen LogP contribution in [0.5, 0.6) is 5.75 Å². The van der Waals surface area contributed by atoms with E-state index in [-0.39, 0.29) is 5.91 Å². The summed E-state index contributed by atoms with van der Waals surface area (Å²) in [6.45, 7) is 9.17. The van der Waals surface area contributed by atoms with Gasteiger partial charge in [-0.15, -0.1) is 0 Å². The fourth-order valence-electron chi connectivity index (χ4n) is 3.34. The number of carbonyl (C=O) groups excluding carboxylic acids is 1. The number of nitrogens with zero attached hydrogens (tertiary/aromatic N) is 2. The highest BCUT2D eigenvalue weighted by molar-refractivity contribution is 6.30. The summed E-state index contributed by atoms with van der Waals surface area (Å²) < 4.78 is 5.78. The highest BCUT2D eigenvalue weighted by Gasteiger charge is 2.18. The van der Waals surface area contributed by atoms with Gasteiger partial charge < -0.3 is 15.0 Å². The van der Waals surface area contributed by atoms with Gasteiger partial charge in [0.05, 0.1) is 0 Å². The summed E-state index contributed by atoms with van der Waals surface area (Å²) >= 11 is 5.96. The van der Waals surface area contributed by atoms with E-state index in [1.807, 2.05) is 19.1 Å². The molecule has 1 saturated heterocycles. The normalized spacial score (nSPS) is 15.9. The number of carbonyl (C=O) groups is 1. The second-order valence-corrected chi connectivity index (χ2v) is 7.56. The van der Waals surface area contributed by atoms with Gasteiger partial charge in [0, 0.05) is 50.0 Å². The van der Waals surface area contributed by atoms with Crippen molar-refractivity contribution < 1.29 is 9.53 Å². The molecule has 1 heterocycles. The van der Waals surface area contributed by atoms with E-state index in [1.54, 1.807) is 19.1 Å². The summed E-state index contributed by atoms with van der Waals surface area (Å²) in [6.07, 6.45) is -0.546. The van der Waals surface area contributed by atoms with Crippen LogP contribution in [0.15, 0.2) is 48.5 Å². The number of rotatable bonds is 7. The maximum absolute atomic E-state index is 12.3. The zero-order chi connectivity index (χ0) is 19.9. The van der Waals surface area contributed by atoms with Crippen molar-refractivity contribution in [1.29, 1.82) is 0 Å². The highest BCUT2D eigenvalue weighted by atomic mass is 35.5. The third kappa shape index (κ3) is 5.63. The van der Waals surface area contributed by atoms with Crippen LogP contribution in [-0.2, 0) is 4.79 Å². The molecule has 1 aliphatic heterocycles. The molecule has 2 aromatic carbocycles. The minimum atomic E-state index is -0.546. The fraction of sp³-hybridized carbons (Fsp3) is 0.409. The first kappa shape index (κ1) is 20.5. The maximum Gasteiger partial charge on any atom is 0.260 e. The van der Waals surface area contributed by atoms with Crippen molar-refractivity contribution in [2.75, 3.05) is 44.2 Å².